The minimum atomic E-state index is -0.483. The van der Waals surface area contributed by atoms with E-state index in [-0.39, 0.29) is 5.73 Å². The fourth-order valence-corrected chi connectivity index (χ4v) is 3.09. The summed E-state index contributed by atoms with van der Waals surface area (Å²) in [5.74, 6) is -0.494. The van der Waals surface area contributed by atoms with Gasteiger partial charge in [-0.1, -0.05) is 46.5 Å². The topological polar surface area (TPSA) is 52.6 Å². The molecule has 21 heavy (non-hydrogen) atoms. The number of ether oxygens (including phenoxy) is 2. The largest absolute Gasteiger partial charge is 0.464 e. The van der Waals surface area contributed by atoms with E-state index in [4.69, 9.17) is 9.47 Å². The van der Waals surface area contributed by atoms with Gasteiger partial charge in [0.05, 0.1) is 22.6 Å². The number of hydrogen-bond acceptors (Lipinski definition) is 4. The Morgan fingerprint density at radius 2 is 1.67 bits per heavy atom. The van der Waals surface area contributed by atoms with E-state index in [2.05, 4.69) is 13.8 Å². The third kappa shape index (κ3) is 10.3. The Morgan fingerprint density at radius 3 is 2.24 bits per heavy atom. The Morgan fingerprint density at radius 1 is 1.05 bits per heavy atom. The van der Waals surface area contributed by atoms with Crippen molar-refractivity contribution in [2.24, 2.45) is 5.92 Å². The summed E-state index contributed by atoms with van der Waals surface area (Å²) < 4.78 is 10.3. The second-order valence-corrected chi connectivity index (χ2v) is 6.45. The first-order valence-corrected chi connectivity index (χ1v) is 9.25. The molecule has 0 aliphatic heterocycles. The highest BCUT2D eigenvalue weighted by molar-refractivity contribution is 6.12. The lowest BCUT2D eigenvalue weighted by Gasteiger charge is -2.22. The lowest BCUT2D eigenvalue weighted by molar-refractivity contribution is -0.143. The Labute approximate surface area is 131 Å². The minimum absolute atomic E-state index is 0.00909. The molecule has 5 heteroatoms. The van der Waals surface area contributed by atoms with E-state index < -0.39 is 11.9 Å². The van der Waals surface area contributed by atoms with Crippen LogP contribution in [0.5, 0.6) is 0 Å². The van der Waals surface area contributed by atoms with Crippen LogP contribution >= 0.6 is 0 Å². The van der Waals surface area contributed by atoms with Crippen LogP contribution in [-0.4, -0.2) is 34.5 Å². The molecule has 2 atom stereocenters. The molecule has 0 aromatic rings. The zero-order valence-electron chi connectivity index (χ0n) is 13.9. The fraction of sp³-hybridized carbons (Fsp3) is 0.750. The second-order valence-electron chi connectivity index (χ2n) is 5.31. The lowest BCUT2D eigenvalue weighted by atomic mass is 10.00. The highest BCUT2D eigenvalue weighted by Gasteiger charge is 2.17. The Balaban J connectivity index is 4.13. The molecule has 0 bridgehead atoms. The van der Waals surface area contributed by atoms with Gasteiger partial charge in [-0.05, 0) is 18.8 Å². The van der Waals surface area contributed by atoms with Crippen molar-refractivity contribution >= 4 is 22.2 Å². The van der Waals surface area contributed by atoms with Gasteiger partial charge in [0.1, 0.15) is 0 Å². The molecule has 0 saturated heterocycles. The SMILES string of the molecule is CCCCOC(=O)/C=C/C(=O)OC([SiH3])C(CC)CCCC. The molecular formula is C16H30O4Si. The van der Waals surface area contributed by atoms with Gasteiger partial charge in [0.2, 0.25) is 0 Å². The Hall–Kier alpha value is -1.10. The molecule has 0 aliphatic carbocycles. The molecule has 4 nitrogen and oxygen atoms in total. The van der Waals surface area contributed by atoms with Crippen LogP contribution < -0.4 is 0 Å². The summed E-state index contributed by atoms with van der Waals surface area (Å²) in [7, 11) is 0.809. The van der Waals surface area contributed by atoms with Gasteiger partial charge in [-0.2, -0.15) is 0 Å². The zero-order chi connectivity index (χ0) is 16.1. The first kappa shape index (κ1) is 19.9. The van der Waals surface area contributed by atoms with E-state index in [1.807, 2.05) is 6.92 Å². The van der Waals surface area contributed by atoms with Gasteiger partial charge in [0.25, 0.3) is 0 Å². The van der Waals surface area contributed by atoms with E-state index in [1.54, 1.807) is 0 Å². The maximum atomic E-state index is 11.7. The molecule has 122 valence electrons. The zero-order valence-corrected chi connectivity index (χ0v) is 15.9. The van der Waals surface area contributed by atoms with E-state index in [0.717, 1.165) is 54.8 Å². The molecule has 0 amide bonds. The summed E-state index contributed by atoms with van der Waals surface area (Å²) in [6.45, 7) is 6.70. The molecule has 0 aromatic carbocycles. The number of carbonyl (C=O) groups excluding carboxylic acids is 2. The van der Waals surface area contributed by atoms with Crippen molar-refractivity contribution in [2.45, 2.75) is 65.0 Å². The molecule has 0 fully saturated rings. The first-order valence-electron chi connectivity index (χ1n) is 8.10. The fourth-order valence-electron chi connectivity index (χ4n) is 2.06. The second kappa shape index (κ2) is 12.6. The maximum Gasteiger partial charge on any atom is 0.331 e. The third-order valence-corrected chi connectivity index (χ3v) is 4.69. The first-order chi connectivity index (χ1) is 10.0. The molecule has 0 spiro atoms. The van der Waals surface area contributed by atoms with Gasteiger partial charge in [-0.15, -0.1) is 0 Å². The molecule has 2 unspecified atom stereocenters. The predicted molar refractivity (Wildman–Crippen MR) is 88.1 cm³/mol. The van der Waals surface area contributed by atoms with Crippen LogP contribution in [0, 0.1) is 5.92 Å². The molecule has 0 aliphatic rings. The van der Waals surface area contributed by atoms with Crippen molar-refractivity contribution in [1.82, 2.24) is 0 Å². The van der Waals surface area contributed by atoms with Crippen LogP contribution in [0.4, 0.5) is 0 Å². The van der Waals surface area contributed by atoms with Crippen LogP contribution in [0.25, 0.3) is 0 Å². The van der Waals surface area contributed by atoms with Crippen LogP contribution in [-0.2, 0) is 19.1 Å². The van der Waals surface area contributed by atoms with Gasteiger partial charge in [-0.25, -0.2) is 9.59 Å². The summed E-state index contributed by atoms with van der Waals surface area (Å²) in [6.07, 6.45) is 8.56. The van der Waals surface area contributed by atoms with Crippen molar-refractivity contribution < 1.29 is 19.1 Å². The highest BCUT2D eigenvalue weighted by atomic mass is 28.1. The van der Waals surface area contributed by atoms with Crippen molar-refractivity contribution in [3.63, 3.8) is 0 Å². The standard InChI is InChI=1S/C16H30O4Si/c1-4-7-9-13(6-3)16(21)20-15(18)11-10-14(17)19-12-8-5-2/h10-11,13,16H,4-9,12H2,1-3,21H3/b11-10+. The lowest BCUT2D eigenvalue weighted by Crippen LogP contribution is -2.26. The summed E-state index contributed by atoms with van der Waals surface area (Å²) in [6, 6.07) is 0. The average Bonchev–Trinajstić information content (AvgIpc) is 2.46. The van der Waals surface area contributed by atoms with Gasteiger partial charge in [-0.3, -0.25) is 0 Å². The Bertz CT molecular complexity index is 328. The van der Waals surface area contributed by atoms with Crippen LogP contribution in [0.1, 0.15) is 59.3 Å². The normalized spacial score (nSPS) is 14.0. The van der Waals surface area contributed by atoms with Crippen LogP contribution in [0.3, 0.4) is 0 Å². The van der Waals surface area contributed by atoms with E-state index >= 15 is 0 Å². The van der Waals surface area contributed by atoms with Crippen LogP contribution in [0.15, 0.2) is 12.2 Å². The van der Waals surface area contributed by atoms with E-state index in [1.165, 1.54) is 6.08 Å². The highest BCUT2D eigenvalue weighted by Crippen LogP contribution is 2.17. The maximum absolute atomic E-state index is 11.7. The molecule has 0 rings (SSSR count). The number of rotatable bonds is 11. The number of hydrogen-bond donors (Lipinski definition) is 0. The molecule has 0 heterocycles. The number of unbranched alkanes of at least 4 members (excludes halogenated alkanes) is 2. The number of esters is 2. The number of carbonyl (C=O) groups is 2. The van der Waals surface area contributed by atoms with Crippen LogP contribution in [0.2, 0.25) is 0 Å². The third-order valence-electron chi connectivity index (χ3n) is 3.52. The summed E-state index contributed by atoms with van der Waals surface area (Å²) >= 11 is 0. The minimum Gasteiger partial charge on any atom is -0.464 e. The molecule has 0 saturated carbocycles. The summed E-state index contributed by atoms with van der Waals surface area (Å²) in [5, 5.41) is 0. The van der Waals surface area contributed by atoms with E-state index in [9.17, 15) is 9.59 Å². The smallest absolute Gasteiger partial charge is 0.331 e. The average molecular weight is 314 g/mol. The summed E-state index contributed by atoms with van der Waals surface area (Å²) in [4.78, 5) is 23.0. The summed E-state index contributed by atoms with van der Waals surface area (Å²) in [5.41, 5.74) is 0.00909. The van der Waals surface area contributed by atoms with Gasteiger partial charge < -0.3 is 9.47 Å². The monoisotopic (exact) mass is 314 g/mol. The Kier molecular flexibility index (Phi) is 12.0. The van der Waals surface area contributed by atoms with Gasteiger partial charge in [0, 0.05) is 12.2 Å². The van der Waals surface area contributed by atoms with E-state index in [0.29, 0.717) is 12.5 Å². The predicted octanol–water partition coefficient (Wildman–Crippen LogP) is 2.34. The van der Waals surface area contributed by atoms with Crippen molar-refractivity contribution in [1.29, 1.82) is 0 Å². The molecular weight excluding hydrogens is 284 g/mol. The molecule has 0 N–H and O–H groups in total. The van der Waals surface area contributed by atoms with Gasteiger partial charge in [0.15, 0.2) is 0 Å². The van der Waals surface area contributed by atoms with Gasteiger partial charge >= 0.3 is 11.9 Å². The molecule has 0 aromatic heterocycles. The van der Waals surface area contributed by atoms with Crippen molar-refractivity contribution in [3.05, 3.63) is 12.2 Å². The van der Waals surface area contributed by atoms with Crippen molar-refractivity contribution in [3.8, 4) is 0 Å². The van der Waals surface area contributed by atoms with Crippen molar-refractivity contribution in [2.75, 3.05) is 6.61 Å². The molecule has 0 radical (unpaired) electrons. The quantitative estimate of drug-likeness (QED) is 0.254.